The number of rotatable bonds is 1. The number of aryl methyl sites for hydroxylation is 1. The molecule has 1 aromatic heterocycles. The van der Waals surface area contributed by atoms with Crippen LogP contribution in [0.5, 0.6) is 0 Å². The maximum Gasteiger partial charge on any atom is 0.266 e. The summed E-state index contributed by atoms with van der Waals surface area (Å²) in [7, 11) is 0. The van der Waals surface area contributed by atoms with Crippen molar-refractivity contribution in [3.8, 4) is 0 Å². The van der Waals surface area contributed by atoms with Crippen molar-refractivity contribution in [1.29, 1.82) is 0 Å². The summed E-state index contributed by atoms with van der Waals surface area (Å²) in [6.45, 7) is 5.95. The molecule has 1 aromatic carbocycles. The van der Waals surface area contributed by atoms with Gasteiger partial charge in [-0.2, -0.15) is 0 Å². The monoisotopic (exact) mass is 274 g/mol. The lowest BCUT2D eigenvalue weighted by atomic mass is 10.1. The predicted molar refractivity (Wildman–Crippen MR) is 80.7 cm³/mol. The second-order valence-corrected chi connectivity index (χ2v) is 6.46. The number of likely N-dealkylation sites (tertiary alicyclic amines) is 1. The zero-order chi connectivity index (χ0) is 13.6. The van der Waals surface area contributed by atoms with Crippen LogP contribution in [0.3, 0.4) is 0 Å². The molecule has 1 aliphatic rings. The number of nitrogen functional groups attached to an aromatic ring is 1. The Labute approximate surface area is 117 Å². The molecule has 19 heavy (non-hydrogen) atoms. The number of hydrogen-bond donors (Lipinski definition) is 1. The summed E-state index contributed by atoms with van der Waals surface area (Å²) in [4.78, 5) is 15.2. The van der Waals surface area contributed by atoms with E-state index in [1.165, 1.54) is 16.9 Å². The summed E-state index contributed by atoms with van der Waals surface area (Å²) in [6.07, 6.45) is 1.09. The summed E-state index contributed by atoms with van der Waals surface area (Å²) >= 11 is 1.53. The molecule has 1 unspecified atom stereocenters. The van der Waals surface area contributed by atoms with Crippen molar-refractivity contribution in [1.82, 2.24) is 4.90 Å². The molecule has 3 nitrogen and oxygen atoms in total. The molecule has 0 saturated carbocycles. The molecule has 0 spiro atoms. The van der Waals surface area contributed by atoms with Crippen LogP contribution in [0.25, 0.3) is 10.1 Å². The molecule has 2 N–H and O–H groups in total. The van der Waals surface area contributed by atoms with Gasteiger partial charge < -0.3 is 10.6 Å². The molecule has 3 rings (SSSR count). The van der Waals surface area contributed by atoms with Gasteiger partial charge in [0, 0.05) is 23.2 Å². The quantitative estimate of drug-likeness (QED) is 0.867. The zero-order valence-corrected chi connectivity index (χ0v) is 12.1. The van der Waals surface area contributed by atoms with E-state index >= 15 is 0 Å². The van der Waals surface area contributed by atoms with E-state index in [4.69, 9.17) is 5.73 Å². The van der Waals surface area contributed by atoms with Crippen LogP contribution >= 0.6 is 11.3 Å². The third-order valence-electron chi connectivity index (χ3n) is 3.86. The standard InChI is InChI=1S/C15H18N2OS/c1-9-6-7-17(8-9)15(18)14-12(16)11-5-3-4-10(2)13(11)19-14/h3-5,9H,6-8,16H2,1-2H3. The van der Waals surface area contributed by atoms with Crippen molar-refractivity contribution in [2.24, 2.45) is 5.92 Å². The Morgan fingerprint density at radius 1 is 1.47 bits per heavy atom. The number of amides is 1. The molecular weight excluding hydrogens is 256 g/mol. The van der Waals surface area contributed by atoms with E-state index in [1.54, 1.807) is 0 Å². The van der Waals surface area contributed by atoms with Gasteiger partial charge in [0.15, 0.2) is 0 Å². The molecule has 0 aliphatic carbocycles. The molecule has 1 aliphatic heterocycles. The Kier molecular flexibility index (Phi) is 2.97. The number of anilines is 1. The second kappa shape index (κ2) is 4.53. The number of thiophene rings is 1. The van der Waals surface area contributed by atoms with E-state index in [0.29, 0.717) is 16.5 Å². The van der Waals surface area contributed by atoms with Crippen molar-refractivity contribution < 1.29 is 4.79 Å². The lowest BCUT2D eigenvalue weighted by Gasteiger charge is -2.14. The largest absolute Gasteiger partial charge is 0.397 e. The van der Waals surface area contributed by atoms with Gasteiger partial charge in [0.05, 0.1) is 5.69 Å². The Morgan fingerprint density at radius 2 is 2.26 bits per heavy atom. The third kappa shape index (κ3) is 2.00. The first-order valence-electron chi connectivity index (χ1n) is 6.64. The highest BCUT2D eigenvalue weighted by molar-refractivity contribution is 7.21. The molecule has 1 fully saturated rings. The number of nitrogens with two attached hydrogens (primary N) is 1. The summed E-state index contributed by atoms with van der Waals surface area (Å²) in [5.74, 6) is 0.698. The number of fused-ring (bicyclic) bond motifs is 1. The van der Waals surface area contributed by atoms with Crippen LogP contribution < -0.4 is 5.73 Å². The topological polar surface area (TPSA) is 46.3 Å². The highest BCUT2D eigenvalue weighted by atomic mass is 32.1. The molecule has 2 aromatic rings. The summed E-state index contributed by atoms with van der Waals surface area (Å²) < 4.78 is 1.13. The number of carbonyl (C=O) groups is 1. The lowest BCUT2D eigenvalue weighted by Crippen LogP contribution is -2.28. The molecule has 0 radical (unpaired) electrons. The average molecular weight is 274 g/mol. The fourth-order valence-electron chi connectivity index (χ4n) is 2.70. The van der Waals surface area contributed by atoms with Gasteiger partial charge in [0.1, 0.15) is 4.88 Å². The number of nitrogens with zero attached hydrogens (tertiary/aromatic N) is 1. The third-order valence-corrected chi connectivity index (χ3v) is 5.20. The van der Waals surface area contributed by atoms with Gasteiger partial charge in [-0.3, -0.25) is 4.79 Å². The Balaban J connectivity index is 2.03. The first-order valence-corrected chi connectivity index (χ1v) is 7.46. The zero-order valence-electron chi connectivity index (χ0n) is 11.3. The fourth-order valence-corrected chi connectivity index (χ4v) is 3.86. The summed E-state index contributed by atoms with van der Waals surface area (Å²) in [5.41, 5.74) is 8.00. The molecule has 1 atom stereocenters. The fraction of sp³-hybridized carbons (Fsp3) is 0.400. The highest BCUT2D eigenvalue weighted by Crippen LogP contribution is 2.36. The van der Waals surface area contributed by atoms with Crippen molar-refractivity contribution >= 4 is 33.0 Å². The molecule has 100 valence electrons. The molecule has 1 saturated heterocycles. The van der Waals surface area contributed by atoms with Crippen LogP contribution in [0.1, 0.15) is 28.6 Å². The number of hydrogen-bond acceptors (Lipinski definition) is 3. The molecule has 4 heteroatoms. The maximum atomic E-state index is 12.6. The van der Waals surface area contributed by atoms with Crippen molar-refractivity contribution in [3.63, 3.8) is 0 Å². The van der Waals surface area contributed by atoms with Gasteiger partial charge in [0.25, 0.3) is 5.91 Å². The van der Waals surface area contributed by atoms with E-state index < -0.39 is 0 Å². The average Bonchev–Trinajstić information content (AvgIpc) is 2.95. The normalized spacial score (nSPS) is 19.3. The van der Waals surface area contributed by atoms with E-state index in [-0.39, 0.29) is 5.91 Å². The van der Waals surface area contributed by atoms with E-state index in [2.05, 4.69) is 19.9 Å². The van der Waals surface area contributed by atoms with Gasteiger partial charge >= 0.3 is 0 Å². The Hall–Kier alpha value is -1.55. The second-order valence-electron chi connectivity index (χ2n) is 5.44. The van der Waals surface area contributed by atoms with Crippen LogP contribution in [0.4, 0.5) is 5.69 Å². The maximum absolute atomic E-state index is 12.6. The number of benzene rings is 1. The van der Waals surface area contributed by atoms with Crippen molar-refractivity contribution in [2.45, 2.75) is 20.3 Å². The van der Waals surface area contributed by atoms with Crippen molar-refractivity contribution in [3.05, 3.63) is 28.6 Å². The minimum Gasteiger partial charge on any atom is -0.397 e. The molecular formula is C15H18N2OS. The van der Waals surface area contributed by atoms with E-state index in [9.17, 15) is 4.79 Å². The van der Waals surface area contributed by atoms with Crippen LogP contribution in [-0.2, 0) is 0 Å². The molecule has 1 amide bonds. The van der Waals surface area contributed by atoms with Gasteiger partial charge in [-0.05, 0) is 24.8 Å². The molecule has 2 heterocycles. The first kappa shape index (κ1) is 12.5. The van der Waals surface area contributed by atoms with Crippen LogP contribution in [-0.4, -0.2) is 23.9 Å². The van der Waals surface area contributed by atoms with E-state index in [1.807, 2.05) is 17.0 Å². The highest BCUT2D eigenvalue weighted by Gasteiger charge is 2.27. The smallest absolute Gasteiger partial charge is 0.266 e. The van der Waals surface area contributed by atoms with Crippen molar-refractivity contribution in [2.75, 3.05) is 18.8 Å². The SMILES string of the molecule is Cc1cccc2c(N)c(C(=O)N3CCC(C)C3)sc12. The van der Waals surface area contributed by atoms with Crippen LogP contribution in [0.15, 0.2) is 18.2 Å². The van der Waals surface area contributed by atoms with E-state index in [0.717, 1.165) is 29.6 Å². The summed E-state index contributed by atoms with van der Waals surface area (Å²) in [5, 5.41) is 1.01. The first-order chi connectivity index (χ1) is 9.08. The lowest BCUT2D eigenvalue weighted by molar-refractivity contribution is 0.0794. The summed E-state index contributed by atoms with van der Waals surface area (Å²) in [6, 6.07) is 6.05. The van der Waals surface area contributed by atoms with Gasteiger partial charge in [-0.15, -0.1) is 11.3 Å². The van der Waals surface area contributed by atoms with Gasteiger partial charge in [0.2, 0.25) is 0 Å². The Morgan fingerprint density at radius 3 is 2.89 bits per heavy atom. The van der Waals surface area contributed by atoms with Crippen LogP contribution in [0.2, 0.25) is 0 Å². The minimum absolute atomic E-state index is 0.0995. The van der Waals surface area contributed by atoms with Gasteiger partial charge in [-0.1, -0.05) is 25.1 Å². The molecule has 0 bridgehead atoms. The Bertz CT molecular complexity index is 647. The van der Waals surface area contributed by atoms with Gasteiger partial charge in [-0.25, -0.2) is 0 Å². The number of carbonyl (C=O) groups excluding carboxylic acids is 1. The predicted octanol–water partition coefficient (Wildman–Crippen LogP) is 3.27. The van der Waals surface area contributed by atoms with Crippen LogP contribution in [0, 0.1) is 12.8 Å². The minimum atomic E-state index is 0.0995.